The molecule has 2 fully saturated rings. The first-order chi connectivity index (χ1) is 10.5. The molecule has 128 valence electrons. The van der Waals surface area contributed by atoms with Gasteiger partial charge in [-0.05, 0) is 38.5 Å². The number of aliphatic hydroxyl groups excluding tert-OH is 1. The second-order valence-corrected chi connectivity index (χ2v) is 7.17. The summed E-state index contributed by atoms with van der Waals surface area (Å²) in [6.45, 7) is 7.27. The molecule has 2 rings (SSSR count). The van der Waals surface area contributed by atoms with Crippen LogP contribution in [-0.2, 0) is 4.74 Å². The monoisotopic (exact) mass is 312 g/mol. The summed E-state index contributed by atoms with van der Waals surface area (Å²) in [7, 11) is 0. The van der Waals surface area contributed by atoms with Crippen LogP contribution in [0.5, 0.6) is 0 Å². The van der Waals surface area contributed by atoms with Gasteiger partial charge in [-0.25, -0.2) is 4.79 Å². The molecule has 0 aromatic carbocycles. The van der Waals surface area contributed by atoms with Crippen LogP contribution >= 0.6 is 0 Å². The van der Waals surface area contributed by atoms with Crippen molar-refractivity contribution in [3.05, 3.63) is 0 Å². The van der Waals surface area contributed by atoms with E-state index in [9.17, 15) is 9.90 Å². The zero-order chi connectivity index (χ0) is 16.2. The molecule has 0 saturated heterocycles. The van der Waals surface area contributed by atoms with Crippen LogP contribution < -0.4 is 10.6 Å². The molecular formula is C17H32N2O3. The van der Waals surface area contributed by atoms with Gasteiger partial charge >= 0.3 is 6.03 Å². The molecule has 3 unspecified atom stereocenters. The predicted octanol–water partition coefficient (Wildman–Crippen LogP) is 2.43. The van der Waals surface area contributed by atoms with Crippen molar-refractivity contribution in [3.63, 3.8) is 0 Å². The number of aliphatic hydroxyl groups is 1. The first-order valence-electron chi connectivity index (χ1n) is 8.83. The largest absolute Gasteiger partial charge is 0.393 e. The number of amides is 2. The summed E-state index contributed by atoms with van der Waals surface area (Å²) in [5, 5.41) is 15.8. The van der Waals surface area contributed by atoms with Crippen molar-refractivity contribution in [2.45, 2.75) is 77.5 Å². The van der Waals surface area contributed by atoms with Gasteiger partial charge in [-0.3, -0.25) is 0 Å². The smallest absolute Gasteiger partial charge is 0.315 e. The SMILES string of the molecule is CCOC1CC(NC(=O)NCCC(O)C(C)C)C12CCCC2. The van der Waals surface area contributed by atoms with E-state index in [0.29, 0.717) is 19.1 Å². The molecule has 2 amide bonds. The van der Waals surface area contributed by atoms with Crippen LogP contribution in [0.3, 0.4) is 0 Å². The van der Waals surface area contributed by atoms with Crippen LogP contribution in [-0.4, -0.2) is 42.5 Å². The first-order valence-corrected chi connectivity index (χ1v) is 8.83. The van der Waals surface area contributed by atoms with E-state index in [4.69, 9.17) is 4.74 Å². The molecule has 1 spiro atoms. The highest BCUT2D eigenvalue weighted by molar-refractivity contribution is 5.74. The Labute approximate surface area is 134 Å². The normalized spacial score (nSPS) is 27.7. The fourth-order valence-electron chi connectivity index (χ4n) is 3.97. The van der Waals surface area contributed by atoms with Crippen molar-refractivity contribution in [1.82, 2.24) is 10.6 Å². The third kappa shape index (κ3) is 3.74. The number of nitrogens with one attached hydrogen (secondary N) is 2. The van der Waals surface area contributed by atoms with Gasteiger partial charge < -0.3 is 20.5 Å². The Morgan fingerprint density at radius 1 is 1.36 bits per heavy atom. The van der Waals surface area contributed by atoms with Crippen LogP contribution in [0, 0.1) is 11.3 Å². The maximum atomic E-state index is 12.1. The molecule has 22 heavy (non-hydrogen) atoms. The van der Waals surface area contributed by atoms with E-state index in [-0.39, 0.29) is 29.5 Å². The molecule has 0 heterocycles. The third-order valence-electron chi connectivity index (χ3n) is 5.49. The molecule has 0 radical (unpaired) electrons. The summed E-state index contributed by atoms with van der Waals surface area (Å²) in [5.74, 6) is 0.227. The van der Waals surface area contributed by atoms with Crippen LogP contribution in [0.25, 0.3) is 0 Å². The molecule has 5 heteroatoms. The Morgan fingerprint density at radius 2 is 2.05 bits per heavy atom. The first kappa shape index (κ1) is 17.5. The van der Waals surface area contributed by atoms with E-state index in [0.717, 1.165) is 25.9 Å². The average molecular weight is 312 g/mol. The zero-order valence-electron chi connectivity index (χ0n) is 14.2. The Bertz CT molecular complexity index is 367. The summed E-state index contributed by atoms with van der Waals surface area (Å²) in [5.41, 5.74) is 0.171. The van der Waals surface area contributed by atoms with Crippen LogP contribution in [0.1, 0.15) is 59.3 Å². The summed E-state index contributed by atoms with van der Waals surface area (Å²) < 4.78 is 5.86. The van der Waals surface area contributed by atoms with Crippen molar-refractivity contribution in [3.8, 4) is 0 Å². The van der Waals surface area contributed by atoms with E-state index >= 15 is 0 Å². The number of carbonyl (C=O) groups excluding carboxylic acids is 1. The molecular weight excluding hydrogens is 280 g/mol. The Hall–Kier alpha value is -0.810. The van der Waals surface area contributed by atoms with E-state index in [1.54, 1.807) is 0 Å². The average Bonchev–Trinajstić information content (AvgIpc) is 2.98. The molecule has 5 nitrogen and oxygen atoms in total. The van der Waals surface area contributed by atoms with Gasteiger partial charge in [0.25, 0.3) is 0 Å². The molecule has 0 bridgehead atoms. The Morgan fingerprint density at radius 3 is 2.64 bits per heavy atom. The maximum Gasteiger partial charge on any atom is 0.315 e. The highest BCUT2D eigenvalue weighted by Crippen LogP contribution is 2.54. The number of ether oxygens (including phenoxy) is 1. The fraction of sp³-hybridized carbons (Fsp3) is 0.941. The maximum absolute atomic E-state index is 12.1. The lowest BCUT2D eigenvalue weighted by molar-refractivity contribution is -0.126. The summed E-state index contributed by atoms with van der Waals surface area (Å²) in [6, 6.07) is 0.128. The van der Waals surface area contributed by atoms with Crippen molar-refractivity contribution in [2.75, 3.05) is 13.2 Å². The van der Waals surface area contributed by atoms with Crippen molar-refractivity contribution < 1.29 is 14.6 Å². The molecule has 3 N–H and O–H groups in total. The van der Waals surface area contributed by atoms with Gasteiger partial charge in [-0.1, -0.05) is 26.7 Å². The van der Waals surface area contributed by atoms with Crippen molar-refractivity contribution in [2.24, 2.45) is 11.3 Å². The number of hydrogen-bond donors (Lipinski definition) is 3. The van der Waals surface area contributed by atoms with Gasteiger partial charge in [0.2, 0.25) is 0 Å². The third-order valence-corrected chi connectivity index (χ3v) is 5.49. The van der Waals surface area contributed by atoms with Crippen molar-refractivity contribution in [1.29, 1.82) is 0 Å². The summed E-state index contributed by atoms with van der Waals surface area (Å²) >= 11 is 0. The molecule has 2 aliphatic rings. The van der Waals surface area contributed by atoms with Crippen LogP contribution in [0.4, 0.5) is 4.79 Å². The quantitative estimate of drug-likeness (QED) is 0.676. The van der Waals surface area contributed by atoms with Gasteiger partial charge in [0.1, 0.15) is 0 Å². The Kier molecular flexibility index (Phi) is 6.09. The van der Waals surface area contributed by atoms with Gasteiger partial charge in [0.05, 0.1) is 12.2 Å². The lowest BCUT2D eigenvalue weighted by Crippen LogP contribution is -2.64. The van der Waals surface area contributed by atoms with Crippen LogP contribution in [0.15, 0.2) is 0 Å². The lowest BCUT2D eigenvalue weighted by atomic mass is 9.60. The second kappa shape index (κ2) is 7.64. The molecule has 2 aliphatic carbocycles. The molecule has 3 atom stereocenters. The van der Waals surface area contributed by atoms with Crippen LogP contribution in [0.2, 0.25) is 0 Å². The van der Waals surface area contributed by atoms with E-state index in [2.05, 4.69) is 10.6 Å². The minimum absolute atomic E-state index is 0.109. The van der Waals surface area contributed by atoms with E-state index in [1.165, 1.54) is 12.8 Å². The molecule has 0 aliphatic heterocycles. The highest BCUT2D eigenvalue weighted by atomic mass is 16.5. The number of carbonyl (C=O) groups is 1. The van der Waals surface area contributed by atoms with Gasteiger partial charge in [0, 0.05) is 24.6 Å². The lowest BCUT2D eigenvalue weighted by Gasteiger charge is -2.53. The zero-order valence-corrected chi connectivity index (χ0v) is 14.2. The standard InChI is InChI=1S/C17H32N2O3/c1-4-22-15-11-14(17(15)8-5-6-9-17)19-16(21)18-10-7-13(20)12(2)3/h12-15,20H,4-11H2,1-3H3,(H2,18,19,21). The minimum atomic E-state index is -0.354. The second-order valence-electron chi connectivity index (χ2n) is 7.17. The topological polar surface area (TPSA) is 70.6 Å². The number of hydrogen-bond acceptors (Lipinski definition) is 3. The van der Waals surface area contributed by atoms with E-state index in [1.807, 2.05) is 20.8 Å². The van der Waals surface area contributed by atoms with Gasteiger partial charge in [-0.2, -0.15) is 0 Å². The molecule has 0 aromatic rings. The fourth-order valence-corrected chi connectivity index (χ4v) is 3.97. The Balaban J connectivity index is 1.75. The number of rotatable bonds is 7. The minimum Gasteiger partial charge on any atom is -0.393 e. The summed E-state index contributed by atoms with van der Waals surface area (Å²) in [6.07, 6.45) is 6.29. The van der Waals surface area contributed by atoms with Gasteiger partial charge in [-0.15, -0.1) is 0 Å². The van der Waals surface area contributed by atoms with E-state index < -0.39 is 0 Å². The summed E-state index contributed by atoms with van der Waals surface area (Å²) in [4.78, 5) is 12.1. The molecule has 0 aromatic heterocycles. The van der Waals surface area contributed by atoms with Crippen molar-refractivity contribution >= 4 is 6.03 Å². The van der Waals surface area contributed by atoms with Gasteiger partial charge in [0.15, 0.2) is 0 Å². The predicted molar refractivity (Wildman–Crippen MR) is 86.7 cm³/mol. The molecule has 2 saturated carbocycles. The highest BCUT2D eigenvalue weighted by Gasteiger charge is 2.57. The number of urea groups is 1.